The largest absolute Gasteiger partial charge is 0.480 e. The minimum Gasteiger partial charge on any atom is -0.480 e. The van der Waals surface area contributed by atoms with Gasteiger partial charge in [0.05, 0.1) is 5.56 Å². The normalized spacial score (nSPS) is 15.7. The van der Waals surface area contributed by atoms with Crippen molar-refractivity contribution in [3.63, 3.8) is 0 Å². The molecule has 0 bridgehead atoms. The molecule has 168 valence electrons. The van der Waals surface area contributed by atoms with Crippen LogP contribution in [0.25, 0.3) is 0 Å². The number of carbonyl (C=O) groups is 1. The second kappa shape index (κ2) is 9.35. The summed E-state index contributed by atoms with van der Waals surface area (Å²) < 4.78 is 34.4. The highest BCUT2D eigenvalue weighted by Gasteiger charge is 2.30. The molecule has 0 fully saturated rings. The minimum atomic E-state index is -3.97. The average molecular weight is 462 g/mol. The van der Waals surface area contributed by atoms with Crippen molar-refractivity contribution in [1.82, 2.24) is 4.90 Å². The van der Waals surface area contributed by atoms with Crippen LogP contribution >= 0.6 is 0 Å². The van der Waals surface area contributed by atoms with Gasteiger partial charge in [-0.15, -0.1) is 0 Å². The molecular formula is C25H23N3O4S. The number of hydrogen-bond acceptors (Lipinski definition) is 5. The van der Waals surface area contributed by atoms with Crippen LogP contribution < -0.4 is 9.46 Å². The number of fused-ring (bicyclic) bond motifs is 1. The molecular weight excluding hydrogens is 438 g/mol. The molecule has 8 heteroatoms. The van der Waals surface area contributed by atoms with Crippen molar-refractivity contribution in [2.75, 3.05) is 4.72 Å². The number of amides is 1. The van der Waals surface area contributed by atoms with Crippen molar-refractivity contribution in [1.29, 1.82) is 5.26 Å². The summed E-state index contributed by atoms with van der Waals surface area (Å²) in [5.41, 5.74) is 2.08. The predicted molar refractivity (Wildman–Crippen MR) is 124 cm³/mol. The summed E-state index contributed by atoms with van der Waals surface area (Å²) in [5.74, 6) is 0.439. The van der Waals surface area contributed by atoms with Crippen molar-refractivity contribution >= 4 is 21.6 Å². The third-order valence-electron chi connectivity index (χ3n) is 5.41. The monoisotopic (exact) mass is 461 g/mol. The van der Waals surface area contributed by atoms with Gasteiger partial charge in [-0.25, -0.2) is 8.42 Å². The summed E-state index contributed by atoms with van der Waals surface area (Å²) in [4.78, 5) is 14.7. The Labute approximate surface area is 193 Å². The third-order valence-corrected chi connectivity index (χ3v) is 6.85. The molecule has 1 amide bonds. The molecule has 3 aromatic carbocycles. The van der Waals surface area contributed by atoms with Gasteiger partial charge in [-0.1, -0.05) is 49.4 Å². The Morgan fingerprint density at radius 1 is 1.09 bits per heavy atom. The SMILES string of the molecule is CCC1Oc2ccc(NS(=O)(=O)c3ccccc3C#N)cc2CN(Cc2ccccc2)C1=O. The first-order valence-electron chi connectivity index (χ1n) is 10.6. The van der Waals surface area contributed by atoms with Crippen molar-refractivity contribution in [2.24, 2.45) is 0 Å². The highest BCUT2D eigenvalue weighted by atomic mass is 32.2. The van der Waals surface area contributed by atoms with Gasteiger partial charge in [0, 0.05) is 24.3 Å². The summed E-state index contributed by atoms with van der Waals surface area (Å²) in [5, 5.41) is 9.26. The summed E-state index contributed by atoms with van der Waals surface area (Å²) in [6.45, 7) is 2.60. The Balaban J connectivity index is 1.65. The zero-order valence-corrected chi connectivity index (χ0v) is 18.9. The quantitative estimate of drug-likeness (QED) is 0.597. The van der Waals surface area contributed by atoms with E-state index in [4.69, 9.17) is 4.74 Å². The number of benzene rings is 3. The van der Waals surface area contributed by atoms with Gasteiger partial charge in [0.2, 0.25) is 0 Å². The molecule has 0 aliphatic carbocycles. The van der Waals surface area contributed by atoms with E-state index in [0.717, 1.165) is 5.56 Å². The smallest absolute Gasteiger partial charge is 0.264 e. The van der Waals surface area contributed by atoms with E-state index < -0.39 is 16.1 Å². The Morgan fingerprint density at radius 2 is 1.82 bits per heavy atom. The molecule has 1 N–H and O–H groups in total. The van der Waals surface area contributed by atoms with Gasteiger partial charge in [0.1, 0.15) is 16.7 Å². The van der Waals surface area contributed by atoms with Gasteiger partial charge < -0.3 is 9.64 Å². The van der Waals surface area contributed by atoms with Crippen molar-refractivity contribution < 1.29 is 17.9 Å². The number of rotatable bonds is 6. The second-order valence-corrected chi connectivity index (χ2v) is 9.38. The van der Waals surface area contributed by atoms with Crippen LogP contribution in [0.1, 0.15) is 30.0 Å². The zero-order valence-electron chi connectivity index (χ0n) is 18.1. The number of hydrogen-bond donors (Lipinski definition) is 1. The maximum Gasteiger partial charge on any atom is 0.264 e. The van der Waals surface area contributed by atoms with Crippen LogP contribution in [0.3, 0.4) is 0 Å². The van der Waals surface area contributed by atoms with E-state index in [0.29, 0.717) is 30.0 Å². The number of nitrogens with one attached hydrogen (secondary N) is 1. The van der Waals surface area contributed by atoms with Gasteiger partial charge in [0.25, 0.3) is 15.9 Å². The highest BCUT2D eigenvalue weighted by Crippen LogP contribution is 2.31. The molecule has 0 aromatic heterocycles. The molecule has 0 saturated carbocycles. The number of ether oxygens (including phenoxy) is 1. The summed E-state index contributed by atoms with van der Waals surface area (Å²) in [6.07, 6.45) is -0.0943. The van der Waals surface area contributed by atoms with E-state index in [1.807, 2.05) is 43.3 Å². The van der Waals surface area contributed by atoms with E-state index in [9.17, 15) is 18.5 Å². The number of nitriles is 1. The van der Waals surface area contributed by atoms with Crippen LogP contribution in [0.5, 0.6) is 5.75 Å². The molecule has 1 atom stereocenters. The van der Waals surface area contributed by atoms with Gasteiger partial charge in [-0.2, -0.15) is 5.26 Å². The fourth-order valence-electron chi connectivity index (χ4n) is 3.77. The lowest BCUT2D eigenvalue weighted by Crippen LogP contribution is -2.38. The van der Waals surface area contributed by atoms with E-state index in [1.165, 1.54) is 12.1 Å². The van der Waals surface area contributed by atoms with Crippen LogP contribution in [0.2, 0.25) is 0 Å². The van der Waals surface area contributed by atoms with E-state index >= 15 is 0 Å². The molecule has 7 nitrogen and oxygen atoms in total. The van der Waals surface area contributed by atoms with Crippen LogP contribution in [0.15, 0.2) is 77.7 Å². The van der Waals surface area contributed by atoms with Crippen LogP contribution in [-0.2, 0) is 27.9 Å². The first kappa shape index (κ1) is 22.4. The van der Waals surface area contributed by atoms with Gasteiger partial charge in [-0.3, -0.25) is 9.52 Å². The molecule has 1 unspecified atom stereocenters. The summed E-state index contributed by atoms with van der Waals surface area (Å²) in [6, 6.07) is 22.5. The molecule has 1 aliphatic rings. The van der Waals surface area contributed by atoms with Crippen LogP contribution in [-0.4, -0.2) is 25.3 Å². The number of anilines is 1. The second-order valence-electron chi connectivity index (χ2n) is 7.73. The Morgan fingerprint density at radius 3 is 2.55 bits per heavy atom. The van der Waals surface area contributed by atoms with E-state index in [-0.39, 0.29) is 22.9 Å². The fraction of sp³-hybridized carbons (Fsp3) is 0.200. The summed E-state index contributed by atoms with van der Waals surface area (Å²) in [7, 11) is -3.97. The lowest BCUT2D eigenvalue weighted by atomic mass is 10.1. The van der Waals surface area contributed by atoms with Gasteiger partial charge in [0.15, 0.2) is 6.10 Å². The predicted octanol–water partition coefficient (Wildman–Crippen LogP) is 4.06. The molecule has 1 aliphatic heterocycles. The van der Waals surface area contributed by atoms with Crippen molar-refractivity contribution in [3.8, 4) is 11.8 Å². The fourth-order valence-corrected chi connectivity index (χ4v) is 4.98. The standard InChI is InChI=1S/C25H23N3O4S/c1-2-22-25(29)28(16-18-8-4-3-5-9-18)17-20-14-21(12-13-23(20)32-22)27-33(30,31)24-11-7-6-10-19(24)15-26/h3-14,22,27H,2,16-17H2,1H3. The average Bonchev–Trinajstić information content (AvgIpc) is 2.95. The van der Waals surface area contributed by atoms with E-state index in [2.05, 4.69) is 4.72 Å². The first-order chi connectivity index (χ1) is 15.9. The first-order valence-corrected chi connectivity index (χ1v) is 12.0. The van der Waals surface area contributed by atoms with Crippen molar-refractivity contribution in [2.45, 2.75) is 37.4 Å². The molecule has 3 aromatic rings. The molecule has 0 saturated heterocycles. The third kappa shape index (κ3) is 4.83. The molecule has 33 heavy (non-hydrogen) atoms. The zero-order chi connectivity index (χ0) is 23.4. The lowest BCUT2D eigenvalue weighted by molar-refractivity contribution is -0.139. The lowest BCUT2D eigenvalue weighted by Gasteiger charge is -2.23. The number of nitrogens with zero attached hydrogens (tertiary/aromatic N) is 2. The molecule has 0 radical (unpaired) electrons. The van der Waals surface area contributed by atoms with Gasteiger partial charge >= 0.3 is 0 Å². The topological polar surface area (TPSA) is 99.5 Å². The molecule has 1 heterocycles. The maximum atomic E-state index is 13.1. The van der Waals surface area contributed by atoms with Crippen LogP contribution in [0.4, 0.5) is 5.69 Å². The number of sulfonamides is 1. The Hall–Kier alpha value is -3.83. The maximum absolute atomic E-state index is 13.1. The van der Waals surface area contributed by atoms with Crippen LogP contribution in [0, 0.1) is 11.3 Å². The van der Waals surface area contributed by atoms with Gasteiger partial charge in [-0.05, 0) is 42.3 Å². The Kier molecular flexibility index (Phi) is 6.33. The minimum absolute atomic E-state index is 0.0634. The van der Waals surface area contributed by atoms with E-state index in [1.54, 1.807) is 35.2 Å². The molecule has 0 spiro atoms. The number of carbonyl (C=O) groups excluding carboxylic acids is 1. The highest BCUT2D eigenvalue weighted by molar-refractivity contribution is 7.92. The molecule has 4 rings (SSSR count). The van der Waals surface area contributed by atoms with Crippen molar-refractivity contribution in [3.05, 3.63) is 89.5 Å². The summed E-state index contributed by atoms with van der Waals surface area (Å²) >= 11 is 0. The Bertz CT molecular complexity index is 1320.